The van der Waals surface area contributed by atoms with Crippen LogP contribution in [0.15, 0.2) is 23.3 Å². The van der Waals surface area contributed by atoms with Gasteiger partial charge in [0, 0.05) is 18.8 Å². The zero-order valence-electron chi connectivity index (χ0n) is 22.2. The Labute approximate surface area is 202 Å². The second-order valence-electron chi connectivity index (χ2n) is 13.0. The Balaban J connectivity index is 1.54. The SMILES string of the molecule is CC(=O)O[C@@H]1CC[C@]2(C)C3=CC[C@]4(C)[C@H](CC[C@@H]4[C@H](C)CC[C@H](C)C(C)C)C3=CC[C@]2(O)C1. The molecule has 4 aliphatic rings. The number of hydrogen-bond donors (Lipinski definition) is 1. The molecule has 0 saturated heterocycles. The van der Waals surface area contributed by atoms with Gasteiger partial charge in [-0.25, -0.2) is 0 Å². The lowest BCUT2D eigenvalue weighted by Gasteiger charge is -2.57. The molecule has 2 saturated carbocycles. The normalized spacial score (nSPS) is 41.9. The maximum Gasteiger partial charge on any atom is 0.302 e. The summed E-state index contributed by atoms with van der Waals surface area (Å²) in [7, 11) is 0. The number of carbonyl (C=O) groups is 1. The quantitative estimate of drug-likeness (QED) is 0.428. The van der Waals surface area contributed by atoms with E-state index in [1.807, 2.05) is 0 Å². The van der Waals surface area contributed by atoms with Crippen molar-refractivity contribution in [3.8, 4) is 0 Å². The first-order valence-electron chi connectivity index (χ1n) is 13.7. The van der Waals surface area contributed by atoms with Crippen LogP contribution in [0.4, 0.5) is 0 Å². The number of hydrogen-bond acceptors (Lipinski definition) is 3. The fraction of sp³-hybridized carbons (Fsp3) is 0.833. The van der Waals surface area contributed by atoms with E-state index in [0.717, 1.165) is 42.9 Å². The van der Waals surface area contributed by atoms with E-state index in [0.29, 0.717) is 24.2 Å². The molecule has 0 radical (unpaired) electrons. The zero-order chi connectivity index (χ0) is 24.2. The molecule has 0 aliphatic heterocycles. The standard InChI is InChI=1S/C30H48O3/c1-19(2)20(3)8-9-21(4)25-10-11-26-24-13-17-30(32)18-23(33-22(5)31)12-16-29(30,7)27(24)14-15-28(25,26)6/h13-14,19-21,23,25-26,32H,8-12,15-18H2,1-7H3/t20-,21+,23+,25+,26+,28-,29+,30-/m0/s1. The Morgan fingerprint density at radius 2 is 1.82 bits per heavy atom. The van der Waals surface area contributed by atoms with Crippen molar-refractivity contribution in [1.29, 1.82) is 0 Å². The molecule has 8 atom stereocenters. The highest BCUT2D eigenvalue weighted by Crippen LogP contribution is 2.65. The third-order valence-electron chi connectivity index (χ3n) is 10.9. The van der Waals surface area contributed by atoms with Crippen molar-refractivity contribution in [1.82, 2.24) is 0 Å². The van der Waals surface area contributed by atoms with Gasteiger partial charge in [0.15, 0.2) is 0 Å². The first kappa shape index (κ1) is 25.0. The highest BCUT2D eigenvalue weighted by Gasteiger charge is 2.60. The molecule has 1 N–H and O–H groups in total. The molecule has 186 valence electrons. The van der Waals surface area contributed by atoms with Gasteiger partial charge in [-0.1, -0.05) is 66.5 Å². The van der Waals surface area contributed by atoms with Crippen molar-refractivity contribution < 1.29 is 14.6 Å². The monoisotopic (exact) mass is 456 g/mol. The van der Waals surface area contributed by atoms with Gasteiger partial charge in [0.25, 0.3) is 0 Å². The predicted molar refractivity (Wildman–Crippen MR) is 135 cm³/mol. The van der Waals surface area contributed by atoms with Crippen LogP contribution in [0.25, 0.3) is 0 Å². The van der Waals surface area contributed by atoms with Crippen LogP contribution in [0.5, 0.6) is 0 Å². The maximum atomic E-state index is 11.8. The summed E-state index contributed by atoms with van der Waals surface area (Å²) < 4.78 is 5.53. The molecule has 3 heteroatoms. The molecule has 4 aliphatic carbocycles. The van der Waals surface area contributed by atoms with E-state index in [9.17, 15) is 9.90 Å². The Kier molecular flexibility index (Phi) is 6.71. The molecule has 0 aromatic rings. The lowest BCUT2D eigenvalue weighted by molar-refractivity contribution is -0.163. The lowest BCUT2D eigenvalue weighted by atomic mass is 9.50. The van der Waals surface area contributed by atoms with Crippen LogP contribution >= 0.6 is 0 Å². The topological polar surface area (TPSA) is 46.5 Å². The second-order valence-corrected chi connectivity index (χ2v) is 13.0. The van der Waals surface area contributed by atoms with Gasteiger partial charge in [0.2, 0.25) is 0 Å². The van der Waals surface area contributed by atoms with Crippen molar-refractivity contribution in [2.75, 3.05) is 0 Å². The summed E-state index contributed by atoms with van der Waals surface area (Å²) in [5, 5.41) is 11.8. The average Bonchev–Trinajstić information content (AvgIpc) is 3.09. The summed E-state index contributed by atoms with van der Waals surface area (Å²) in [6.07, 6.45) is 14.2. The minimum Gasteiger partial charge on any atom is -0.462 e. The highest BCUT2D eigenvalue weighted by atomic mass is 16.5. The zero-order valence-corrected chi connectivity index (χ0v) is 22.2. The minimum absolute atomic E-state index is 0.157. The number of carbonyl (C=O) groups excluding carboxylic acids is 1. The fourth-order valence-corrected chi connectivity index (χ4v) is 8.18. The average molecular weight is 457 g/mol. The van der Waals surface area contributed by atoms with Crippen molar-refractivity contribution in [3.05, 3.63) is 23.3 Å². The van der Waals surface area contributed by atoms with Crippen LogP contribution in [0, 0.1) is 40.4 Å². The van der Waals surface area contributed by atoms with Crippen molar-refractivity contribution >= 4 is 5.97 Å². The predicted octanol–water partition coefficient (Wildman–Crippen LogP) is 7.24. The fourth-order valence-electron chi connectivity index (χ4n) is 8.18. The van der Waals surface area contributed by atoms with Gasteiger partial charge in [-0.05, 0) is 84.7 Å². The van der Waals surface area contributed by atoms with Gasteiger partial charge in [-0.15, -0.1) is 0 Å². The van der Waals surface area contributed by atoms with Crippen LogP contribution in [-0.2, 0) is 9.53 Å². The largest absolute Gasteiger partial charge is 0.462 e. The molecule has 0 bridgehead atoms. The van der Waals surface area contributed by atoms with Crippen LogP contribution < -0.4 is 0 Å². The number of esters is 1. The van der Waals surface area contributed by atoms with E-state index < -0.39 is 5.60 Å². The van der Waals surface area contributed by atoms with Gasteiger partial charge in [-0.3, -0.25) is 4.79 Å². The molecule has 0 aromatic heterocycles. The van der Waals surface area contributed by atoms with Crippen LogP contribution in [0.3, 0.4) is 0 Å². The van der Waals surface area contributed by atoms with Crippen molar-refractivity contribution in [2.45, 2.75) is 118 Å². The summed E-state index contributed by atoms with van der Waals surface area (Å²) in [5.74, 6) is 3.52. The van der Waals surface area contributed by atoms with E-state index in [1.165, 1.54) is 38.2 Å². The van der Waals surface area contributed by atoms with Gasteiger partial charge in [0.05, 0.1) is 5.60 Å². The van der Waals surface area contributed by atoms with E-state index in [1.54, 1.807) is 5.57 Å². The number of fused-ring (bicyclic) bond motifs is 5. The Hall–Kier alpha value is -1.09. The Morgan fingerprint density at radius 1 is 1.09 bits per heavy atom. The van der Waals surface area contributed by atoms with Gasteiger partial charge in [-0.2, -0.15) is 0 Å². The maximum absolute atomic E-state index is 11.8. The van der Waals surface area contributed by atoms with Crippen LogP contribution in [0.1, 0.15) is 106 Å². The van der Waals surface area contributed by atoms with Crippen LogP contribution in [-0.4, -0.2) is 22.8 Å². The first-order chi connectivity index (χ1) is 15.4. The van der Waals surface area contributed by atoms with E-state index >= 15 is 0 Å². The summed E-state index contributed by atoms with van der Waals surface area (Å²) >= 11 is 0. The van der Waals surface area contributed by atoms with Crippen molar-refractivity contribution in [3.63, 3.8) is 0 Å². The molecule has 4 rings (SSSR count). The van der Waals surface area contributed by atoms with E-state index in [-0.39, 0.29) is 17.5 Å². The number of allylic oxidation sites excluding steroid dienone is 2. The molecular formula is C30H48O3. The molecule has 0 spiro atoms. The summed E-state index contributed by atoms with van der Waals surface area (Å²) in [6, 6.07) is 0. The highest BCUT2D eigenvalue weighted by molar-refractivity contribution is 5.66. The number of ether oxygens (including phenoxy) is 1. The molecule has 2 fully saturated rings. The van der Waals surface area contributed by atoms with Gasteiger partial charge < -0.3 is 9.84 Å². The van der Waals surface area contributed by atoms with Gasteiger partial charge in [0.1, 0.15) is 6.10 Å². The van der Waals surface area contributed by atoms with E-state index in [2.05, 4.69) is 53.7 Å². The Bertz CT molecular complexity index is 824. The lowest BCUT2D eigenvalue weighted by Crippen LogP contribution is -2.56. The third-order valence-corrected chi connectivity index (χ3v) is 10.9. The second kappa shape index (κ2) is 8.85. The summed E-state index contributed by atoms with van der Waals surface area (Å²) in [4.78, 5) is 11.5. The molecule has 0 amide bonds. The number of rotatable bonds is 6. The summed E-state index contributed by atoms with van der Waals surface area (Å²) in [5.41, 5.74) is 2.27. The molecule has 0 heterocycles. The molecule has 0 unspecified atom stereocenters. The van der Waals surface area contributed by atoms with Crippen LogP contribution in [0.2, 0.25) is 0 Å². The smallest absolute Gasteiger partial charge is 0.302 e. The third kappa shape index (κ3) is 4.15. The van der Waals surface area contributed by atoms with Crippen molar-refractivity contribution in [2.24, 2.45) is 40.4 Å². The molecular weight excluding hydrogens is 408 g/mol. The van der Waals surface area contributed by atoms with E-state index in [4.69, 9.17) is 4.74 Å². The minimum atomic E-state index is -0.813. The van der Waals surface area contributed by atoms with Gasteiger partial charge >= 0.3 is 5.97 Å². The molecule has 3 nitrogen and oxygen atoms in total. The first-order valence-corrected chi connectivity index (χ1v) is 13.7. The summed E-state index contributed by atoms with van der Waals surface area (Å²) in [6.45, 7) is 15.9. The number of aliphatic hydroxyl groups is 1. The molecule has 0 aromatic carbocycles. The Morgan fingerprint density at radius 3 is 2.48 bits per heavy atom. The molecule has 33 heavy (non-hydrogen) atoms.